The van der Waals surface area contributed by atoms with Crippen LogP contribution in [0, 0.1) is 46.9 Å². The number of alkyl halides is 8. The van der Waals surface area contributed by atoms with Gasteiger partial charge in [-0.05, 0) is 225 Å². The van der Waals surface area contributed by atoms with Crippen LogP contribution in [0.1, 0.15) is 191 Å². The molecule has 16 nitrogen and oxygen atoms in total. The second kappa shape index (κ2) is 44.5. The van der Waals surface area contributed by atoms with Crippen LogP contribution in [0.4, 0.5) is 52.7 Å². The zero-order chi connectivity index (χ0) is 92.6. The predicted octanol–water partition coefficient (Wildman–Crippen LogP) is 22.4. The van der Waals surface area contributed by atoms with Crippen molar-refractivity contribution in [3.05, 3.63) is 246 Å². The number of likely N-dealkylation sites (tertiary alicyclic amines) is 4. The van der Waals surface area contributed by atoms with Crippen LogP contribution in [-0.4, -0.2) is 171 Å². The molecule has 700 valence electrons. The first-order chi connectivity index (χ1) is 62.3. The van der Waals surface area contributed by atoms with E-state index in [0.717, 1.165) is 28.8 Å². The third-order valence-electron chi connectivity index (χ3n) is 26.0. The minimum absolute atomic E-state index is 0.00480. The van der Waals surface area contributed by atoms with Crippen molar-refractivity contribution in [3.8, 4) is 34.5 Å². The van der Waals surface area contributed by atoms with E-state index < -0.39 is 65.0 Å². The molecule has 8 aliphatic rings. The molecule has 4 saturated heterocycles. The summed E-state index contributed by atoms with van der Waals surface area (Å²) in [6.07, 6.45) is 4.51. The first-order valence-electron chi connectivity index (χ1n) is 44.6. The van der Waals surface area contributed by atoms with Gasteiger partial charge in [0.15, 0.2) is 71.2 Å². The van der Waals surface area contributed by atoms with Crippen molar-refractivity contribution in [1.29, 1.82) is 0 Å². The average Bonchev–Trinajstić information content (AvgIpc) is 1.67. The molecule has 4 aliphatic heterocycles. The summed E-state index contributed by atoms with van der Waals surface area (Å²) in [5.41, 5.74) is 1.33. The van der Waals surface area contributed by atoms with E-state index in [1.54, 1.807) is 84.9 Å². The summed E-state index contributed by atoms with van der Waals surface area (Å²) in [5.74, 6) is -2.64. The number of ether oxygens (including phenoxy) is 8. The minimum Gasteiger partial charge on any atom is -0.490 e. The summed E-state index contributed by atoms with van der Waals surface area (Å²) >= 11 is 12.1. The summed E-state index contributed by atoms with van der Waals surface area (Å²) in [4.78, 5) is 60.1. The molecule has 0 radical (unpaired) electrons. The van der Waals surface area contributed by atoms with Crippen molar-refractivity contribution in [2.75, 3.05) is 92.4 Å². The van der Waals surface area contributed by atoms with Gasteiger partial charge in [0.1, 0.15) is 45.9 Å². The van der Waals surface area contributed by atoms with Gasteiger partial charge in [0.2, 0.25) is 0 Å². The number of hydrogen-bond acceptors (Lipinski definition) is 16. The van der Waals surface area contributed by atoms with Crippen LogP contribution >= 0.6 is 23.2 Å². The molecule has 0 saturated carbocycles. The van der Waals surface area contributed by atoms with Gasteiger partial charge < -0.3 is 37.9 Å². The fourth-order valence-electron chi connectivity index (χ4n) is 19.0. The van der Waals surface area contributed by atoms with Gasteiger partial charge in [0, 0.05) is 160 Å². The molecule has 30 heteroatoms. The molecule has 8 aromatic carbocycles. The average molecular weight is 1860 g/mol. The molecule has 130 heavy (non-hydrogen) atoms. The fourth-order valence-corrected chi connectivity index (χ4v) is 19.3. The zero-order valence-electron chi connectivity index (χ0n) is 73.3. The van der Waals surface area contributed by atoms with Crippen molar-refractivity contribution in [2.45, 2.75) is 193 Å². The fraction of sp³-hybridized carbons (Fsp3) is 0.480. The van der Waals surface area contributed by atoms with Crippen LogP contribution in [0.25, 0.3) is 0 Å². The summed E-state index contributed by atoms with van der Waals surface area (Å²) in [5, 5.41) is 0.774. The molecule has 16 rings (SSSR count). The van der Waals surface area contributed by atoms with E-state index in [1.807, 2.05) is 56.9 Å². The number of fused-ring (bicyclic) bond motifs is 4. The van der Waals surface area contributed by atoms with Gasteiger partial charge in [-0.3, -0.25) is 38.8 Å². The van der Waals surface area contributed by atoms with Gasteiger partial charge in [-0.15, -0.1) is 0 Å². The van der Waals surface area contributed by atoms with Crippen LogP contribution in [-0.2, 0) is 61.3 Å². The highest BCUT2D eigenvalue weighted by atomic mass is 35.5. The molecular weight excluding hydrogens is 1750 g/mol. The summed E-state index contributed by atoms with van der Waals surface area (Å²) in [6.45, 7) is 8.90. The highest BCUT2D eigenvalue weighted by molar-refractivity contribution is 6.42. The van der Waals surface area contributed by atoms with E-state index in [2.05, 4.69) is 24.2 Å². The minimum atomic E-state index is -3.30. The maximum atomic E-state index is 15.8. The van der Waals surface area contributed by atoms with Crippen LogP contribution < -0.4 is 28.4 Å². The smallest absolute Gasteiger partial charge is 0.387 e. The van der Waals surface area contributed by atoms with Crippen molar-refractivity contribution in [2.24, 2.45) is 23.7 Å². The normalized spacial score (nSPS) is 20.3. The Hall–Kier alpha value is -9.26. The Morgan fingerprint density at radius 1 is 0.331 bits per heavy atom. The van der Waals surface area contributed by atoms with Gasteiger partial charge in [-0.2, -0.15) is 17.6 Å². The second-order valence-electron chi connectivity index (χ2n) is 34.9. The largest absolute Gasteiger partial charge is 0.490 e. The molecule has 4 aliphatic carbocycles. The lowest BCUT2D eigenvalue weighted by molar-refractivity contribution is -0.0692. The van der Waals surface area contributed by atoms with Gasteiger partial charge in [-0.1, -0.05) is 96.0 Å². The summed E-state index contributed by atoms with van der Waals surface area (Å²) in [6, 6.07) is 39.0. The van der Waals surface area contributed by atoms with E-state index in [0.29, 0.717) is 240 Å². The maximum Gasteiger partial charge on any atom is 0.387 e. The first kappa shape index (κ1) is 98.2. The Bertz CT molecular complexity index is 5240. The molecule has 0 spiro atoms. The van der Waals surface area contributed by atoms with Crippen molar-refractivity contribution < 1.29 is 110 Å². The van der Waals surface area contributed by atoms with E-state index >= 15 is 17.6 Å². The first-order valence-corrected chi connectivity index (χ1v) is 45.4. The number of hydrogen-bond donors (Lipinski definition) is 0. The van der Waals surface area contributed by atoms with Crippen LogP contribution in [0.5, 0.6) is 34.5 Å². The maximum absolute atomic E-state index is 15.8. The number of halogens is 14. The monoisotopic (exact) mass is 1860 g/mol. The Morgan fingerprint density at radius 2 is 0.569 bits per heavy atom. The van der Waals surface area contributed by atoms with Gasteiger partial charge in [0.05, 0.1) is 23.3 Å². The van der Waals surface area contributed by atoms with Crippen LogP contribution in [0.3, 0.4) is 0 Å². The highest BCUT2D eigenvalue weighted by Crippen LogP contribution is 2.48. The van der Waals surface area contributed by atoms with Crippen molar-refractivity contribution >= 4 is 46.3 Å². The van der Waals surface area contributed by atoms with Crippen LogP contribution in [0.15, 0.2) is 146 Å². The van der Waals surface area contributed by atoms with Gasteiger partial charge in [0.25, 0.3) is 0 Å². The molecule has 4 heterocycles. The highest BCUT2D eigenvalue weighted by Gasteiger charge is 2.48. The summed E-state index contributed by atoms with van der Waals surface area (Å²) < 4.78 is 211. The zero-order valence-corrected chi connectivity index (χ0v) is 74.9. The lowest BCUT2D eigenvalue weighted by atomic mass is 9.82. The van der Waals surface area contributed by atoms with Crippen molar-refractivity contribution in [1.82, 2.24) is 19.6 Å². The Morgan fingerprint density at radius 3 is 0.854 bits per heavy atom. The van der Waals surface area contributed by atoms with E-state index in [1.165, 1.54) is 24.3 Å². The predicted molar refractivity (Wildman–Crippen MR) is 469 cm³/mol. The number of benzene rings is 8. The Kier molecular flexibility index (Phi) is 33.6. The topological polar surface area (TPSA) is 155 Å². The number of Topliss-reactive ketones (excluding diaryl/α,β-unsaturated/α-hetero) is 4. The lowest BCUT2D eigenvalue weighted by Gasteiger charge is -2.37. The number of rotatable bonds is 32. The molecule has 8 aromatic rings. The SMILES string of the molecule is CCOCOc1cc2c(cc1OCOCC)C(=O)C(CC1(F)CCN(Cc3ccccc3F)CC1)C2.CCOc1cc2c(cc1OCC)C(=O)C(CC1(F)CCN(Cc3ccccc3F)CC1)C2.O=C1c2cc(Cl)c(Cl)cc2CC1CC1(F)CCN(Cc2ccccc2F)CC1.O=C1c2cc(OC(F)F)c(OC(F)F)cc2CC1CC1(F)CCN(Cc2ccccc2F)CC1. The molecule has 0 aromatic heterocycles. The lowest BCUT2D eigenvalue weighted by Crippen LogP contribution is -2.43. The van der Waals surface area contributed by atoms with Crippen LogP contribution in [0.2, 0.25) is 10.0 Å². The molecule has 4 unspecified atom stereocenters. The Labute approximate surface area is 760 Å². The molecule has 0 bridgehead atoms. The second-order valence-corrected chi connectivity index (χ2v) is 35.7. The number of carbonyl (C=O) groups is 4. The van der Waals surface area contributed by atoms with E-state index in [9.17, 15) is 54.3 Å². The van der Waals surface area contributed by atoms with Gasteiger partial charge in [-0.25, -0.2) is 35.1 Å². The molecular formula is C100H110Cl2F12N4O12. The molecule has 4 atom stereocenters. The number of carbonyl (C=O) groups excluding carboxylic acids is 4. The number of ketones is 4. The quantitative estimate of drug-likeness (QED) is 0.0223. The Balaban J connectivity index is 0.000000148. The number of piperidine rings is 4. The van der Waals surface area contributed by atoms with E-state index in [-0.39, 0.29) is 117 Å². The summed E-state index contributed by atoms with van der Waals surface area (Å²) in [7, 11) is 0. The standard InChI is InChI=1S/C28H35F2NO5.C26H31F2NO3.C24H23F6NO3.C22H21Cl2F2NO/c1-3-33-18-35-25-14-21-13-22(27(32)23(21)15-26(25)36-19-34-4-2)16-28(30)9-11-31(12-10-28)17-20-7-5-6-8-24(20)29;1-3-31-23-14-19-13-20(25(30)21(19)15-24(23)32-4-2)16-26(28)9-11-29(12-10-26)17-18-7-5-6-8-22(18)27;25-18-4-2-1-3-14(18)13-31-7-5-24(30,6-8-31)12-16-9-15-10-19(33-22(26)27)20(34-23(28)29)11-17(15)21(16)32;23-18-10-15-9-16(21(28)17(15)11-19(18)24)12-22(26)5-7-27(8-6-22)13-14-3-1-2-4-20(14)25/h5-8,14-15,22H,3-4,9-13,16-19H2,1-2H3;5-8,14-15,20H,3-4,9-13,16-17H2,1-2H3;1-4,10-11,16,22-23H,5-9,12-13H2;1-4,10-11,16H,5-9,12-13H2. The third kappa shape index (κ3) is 25.4. The molecule has 0 amide bonds. The third-order valence-corrected chi connectivity index (χ3v) is 26.7. The van der Waals surface area contributed by atoms with E-state index in [4.69, 9.17) is 51.6 Å². The van der Waals surface area contributed by atoms with Gasteiger partial charge >= 0.3 is 13.2 Å². The molecule has 4 fully saturated rings. The van der Waals surface area contributed by atoms with Crippen molar-refractivity contribution in [3.63, 3.8) is 0 Å². The molecule has 0 N–H and O–H groups in total. The number of nitrogens with zero attached hydrogens (tertiary/aromatic N) is 4.